The van der Waals surface area contributed by atoms with E-state index in [0.29, 0.717) is 5.56 Å². The van der Waals surface area contributed by atoms with Gasteiger partial charge in [0.05, 0.1) is 0 Å². The fraction of sp³-hybridized carbons (Fsp3) is 0.562. The zero-order valence-corrected chi connectivity index (χ0v) is 12.3. The van der Waals surface area contributed by atoms with Gasteiger partial charge in [0.2, 0.25) is 0 Å². The Morgan fingerprint density at radius 1 is 1.29 bits per heavy atom. The molecule has 0 saturated carbocycles. The first kappa shape index (κ1) is 16.0. The molecule has 0 spiro atoms. The Labute approximate surface area is 122 Å². The summed E-state index contributed by atoms with van der Waals surface area (Å²) >= 11 is 0. The zero-order chi connectivity index (χ0) is 15.6. The molecule has 2 rings (SSSR count). The van der Waals surface area contributed by atoms with Crippen molar-refractivity contribution in [2.75, 3.05) is 19.6 Å². The molecule has 1 fully saturated rings. The maximum absolute atomic E-state index is 12.6. The Morgan fingerprint density at radius 2 is 1.90 bits per heavy atom. The number of ketones is 1. The van der Waals surface area contributed by atoms with E-state index in [1.165, 1.54) is 6.07 Å². The van der Waals surface area contributed by atoms with Crippen molar-refractivity contribution in [1.82, 2.24) is 4.90 Å². The molecular weight excluding hydrogens is 279 g/mol. The standard InChI is InChI=1S/C16H20F3NO/c1-3-20-9-7-12(8-10-20)13-5-4-6-14(11(13)2)15(21)16(17,18)19/h4-6,12H,3,7-10H2,1-2H3. The average molecular weight is 299 g/mol. The van der Waals surface area contributed by atoms with Crippen LogP contribution in [0.3, 0.4) is 0 Å². The number of hydrogen-bond donors (Lipinski definition) is 0. The van der Waals surface area contributed by atoms with Gasteiger partial charge in [0.1, 0.15) is 0 Å². The number of nitrogens with zero attached hydrogens (tertiary/aromatic N) is 1. The number of carbonyl (C=O) groups is 1. The third-order valence-electron chi connectivity index (χ3n) is 4.35. The van der Waals surface area contributed by atoms with E-state index in [0.717, 1.165) is 38.0 Å². The van der Waals surface area contributed by atoms with E-state index in [9.17, 15) is 18.0 Å². The highest BCUT2D eigenvalue weighted by Gasteiger charge is 2.40. The summed E-state index contributed by atoms with van der Waals surface area (Å²) in [5.74, 6) is -1.50. The van der Waals surface area contributed by atoms with Gasteiger partial charge in [-0.1, -0.05) is 25.1 Å². The lowest BCUT2D eigenvalue weighted by atomic mass is 9.84. The second-order valence-corrected chi connectivity index (χ2v) is 5.56. The number of carbonyl (C=O) groups excluding carboxylic acids is 1. The molecule has 0 aromatic heterocycles. The number of Topliss-reactive ketones (excluding diaryl/α,β-unsaturated/α-hetero) is 1. The van der Waals surface area contributed by atoms with Crippen molar-refractivity contribution in [3.05, 3.63) is 34.9 Å². The molecule has 116 valence electrons. The molecule has 0 bridgehead atoms. The van der Waals surface area contributed by atoms with Gasteiger partial charge in [0, 0.05) is 5.56 Å². The van der Waals surface area contributed by atoms with Gasteiger partial charge in [-0.3, -0.25) is 4.79 Å². The van der Waals surface area contributed by atoms with Gasteiger partial charge in [-0.2, -0.15) is 13.2 Å². The van der Waals surface area contributed by atoms with Crippen molar-refractivity contribution >= 4 is 5.78 Å². The van der Waals surface area contributed by atoms with E-state index in [2.05, 4.69) is 11.8 Å². The summed E-state index contributed by atoms with van der Waals surface area (Å²) in [7, 11) is 0. The van der Waals surface area contributed by atoms with E-state index >= 15 is 0 Å². The number of likely N-dealkylation sites (tertiary alicyclic amines) is 1. The van der Waals surface area contributed by atoms with Crippen LogP contribution in [0.5, 0.6) is 0 Å². The van der Waals surface area contributed by atoms with Crippen LogP contribution in [0.25, 0.3) is 0 Å². The fourth-order valence-electron chi connectivity index (χ4n) is 3.05. The van der Waals surface area contributed by atoms with E-state index in [1.54, 1.807) is 13.0 Å². The summed E-state index contributed by atoms with van der Waals surface area (Å²) in [4.78, 5) is 13.8. The number of rotatable bonds is 3. The van der Waals surface area contributed by atoms with Gasteiger partial charge in [-0.15, -0.1) is 0 Å². The second kappa shape index (κ2) is 6.18. The molecule has 21 heavy (non-hydrogen) atoms. The first-order valence-corrected chi connectivity index (χ1v) is 7.28. The quantitative estimate of drug-likeness (QED) is 0.788. The molecule has 1 aliphatic rings. The molecule has 1 saturated heterocycles. The highest BCUT2D eigenvalue weighted by molar-refractivity contribution is 6.01. The van der Waals surface area contributed by atoms with Gasteiger partial charge < -0.3 is 4.90 Å². The van der Waals surface area contributed by atoms with Crippen molar-refractivity contribution in [2.45, 2.75) is 38.8 Å². The molecular formula is C16H20F3NO. The molecule has 0 N–H and O–H groups in total. The van der Waals surface area contributed by atoms with Crippen LogP contribution in [-0.2, 0) is 0 Å². The Bertz CT molecular complexity index is 517. The van der Waals surface area contributed by atoms with Crippen LogP contribution >= 0.6 is 0 Å². The molecule has 0 radical (unpaired) electrons. The van der Waals surface area contributed by atoms with E-state index in [-0.39, 0.29) is 11.5 Å². The zero-order valence-electron chi connectivity index (χ0n) is 12.3. The van der Waals surface area contributed by atoms with E-state index in [4.69, 9.17) is 0 Å². The minimum absolute atomic E-state index is 0.210. The Kier molecular flexibility index (Phi) is 4.71. The van der Waals surface area contributed by atoms with Crippen molar-refractivity contribution in [1.29, 1.82) is 0 Å². The van der Waals surface area contributed by atoms with Crippen molar-refractivity contribution in [3.63, 3.8) is 0 Å². The molecule has 0 aliphatic carbocycles. The Hall–Kier alpha value is -1.36. The largest absolute Gasteiger partial charge is 0.454 e. The van der Waals surface area contributed by atoms with Crippen LogP contribution in [-0.4, -0.2) is 36.5 Å². The summed E-state index contributed by atoms with van der Waals surface area (Å²) in [5.41, 5.74) is 1.16. The number of hydrogen-bond acceptors (Lipinski definition) is 2. The van der Waals surface area contributed by atoms with Crippen LogP contribution in [0.2, 0.25) is 0 Å². The molecule has 1 aromatic carbocycles. The van der Waals surface area contributed by atoms with Gasteiger partial charge in [0.15, 0.2) is 0 Å². The normalized spacial score (nSPS) is 18.0. The van der Waals surface area contributed by atoms with Gasteiger partial charge >= 0.3 is 6.18 Å². The molecule has 0 unspecified atom stereocenters. The van der Waals surface area contributed by atoms with Crippen LogP contribution in [0.4, 0.5) is 13.2 Å². The smallest absolute Gasteiger partial charge is 0.304 e. The van der Waals surface area contributed by atoms with Crippen molar-refractivity contribution < 1.29 is 18.0 Å². The maximum atomic E-state index is 12.6. The molecule has 1 aromatic rings. The van der Waals surface area contributed by atoms with Gasteiger partial charge in [-0.05, 0) is 56.4 Å². The summed E-state index contributed by atoms with van der Waals surface area (Å²) in [6.45, 7) is 6.64. The molecule has 5 heteroatoms. The summed E-state index contributed by atoms with van der Waals surface area (Å²) < 4.78 is 37.9. The fourth-order valence-corrected chi connectivity index (χ4v) is 3.05. The molecule has 1 aliphatic heterocycles. The van der Waals surface area contributed by atoms with Crippen molar-refractivity contribution in [3.8, 4) is 0 Å². The topological polar surface area (TPSA) is 20.3 Å². The summed E-state index contributed by atoms with van der Waals surface area (Å²) in [6, 6.07) is 4.69. The molecule has 0 amide bonds. The highest BCUT2D eigenvalue weighted by Crippen LogP contribution is 2.33. The number of alkyl halides is 3. The minimum Gasteiger partial charge on any atom is -0.304 e. The third kappa shape index (κ3) is 3.46. The Balaban J connectivity index is 2.25. The lowest BCUT2D eigenvalue weighted by Crippen LogP contribution is -2.33. The lowest BCUT2D eigenvalue weighted by Gasteiger charge is -2.32. The van der Waals surface area contributed by atoms with Crippen LogP contribution in [0.1, 0.15) is 47.2 Å². The van der Waals surface area contributed by atoms with Gasteiger partial charge in [0.25, 0.3) is 5.78 Å². The summed E-state index contributed by atoms with van der Waals surface area (Å²) in [5, 5.41) is 0. The first-order chi connectivity index (χ1) is 9.84. The third-order valence-corrected chi connectivity index (χ3v) is 4.35. The SMILES string of the molecule is CCN1CCC(c2cccc(C(=O)C(F)(F)F)c2C)CC1. The second-order valence-electron chi connectivity index (χ2n) is 5.56. The predicted octanol–water partition coefficient (Wildman–Crippen LogP) is 3.94. The highest BCUT2D eigenvalue weighted by atomic mass is 19.4. The Morgan fingerprint density at radius 3 is 2.43 bits per heavy atom. The van der Waals surface area contributed by atoms with E-state index < -0.39 is 12.0 Å². The number of piperidine rings is 1. The molecule has 2 nitrogen and oxygen atoms in total. The van der Waals surface area contributed by atoms with Crippen LogP contribution in [0.15, 0.2) is 18.2 Å². The number of benzene rings is 1. The average Bonchev–Trinajstić information content (AvgIpc) is 2.46. The first-order valence-electron chi connectivity index (χ1n) is 7.28. The van der Waals surface area contributed by atoms with Crippen LogP contribution < -0.4 is 0 Å². The monoisotopic (exact) mass is 299 g/mol. The molecule has 1 heterocycles. The minimum atomic E-state index is -4.81. The van der Waals surface area contributed by atoms with E-state index in [1.807, 2.05) is 6.07 Å². The molecule has 0 atom stereocenters. The van der Waals surface area contributed by atoms with Gasteiger partial charge in [-0.25, -0.2) is 0 Å². The summed E-state index contributed by atoms with van der Waals surface area (Å²) in [6.07, 6.45) is -2.95. The van der Waals surface area contributed by atoms with Crippen molar-refractivity contribution in [2.24, 2.45) is 0 Å². The lowest BCUT2D eigenvalue weighted by molar-refractivity contribution is -0.0885. The maximum Gasteiger partial charge on any atom is 0.454 e. The predicted molar refractivity (Wildman–Crippen MR) is 75.7 cm³/mol. The number of halogens is 3. The van der Waals surface area contributed by atoms with Crippen LogP contribution in [0, 0.1) is 6.92 Å².